The van der Waals surface area contributed by atoms with Gasteiger partial charge in [-0.3, -0.25) is 9.59 Å². The molecule has 2 rings (SSSR count). The molecule has 0 saturated heterocycles. The molecule has 1 amide bonds. The van der Waals surface area contributed by atoms with Crippen LogP contribution < -0.4 is 10.1 Å². The molecule has 0 bridgehead atoms. The number of amides is 1. The van der Waals surface area contributed by atoms with Crippen LogP contribution >= 0.6 is 0 Å². The highest BCUT2D eigenvalue weighted by molar-refractivity contribution is 5.80. The third-order valence-corrected chi connectivity index (χ3v) is 3.54. The van der Waals surface area contributed by atoms with Crippen LogP contribution in [0.4, 0.5) is 0 Å². The van der Waals surface area contributed by atoms with Crippen LogP contribution in [-0.2, 0) is 16.1 Å². The van der Waals surface area contributed by atoms with Crippen molar-refractivity contribution in [1.82, 2.24) is 5.32 Å². The molecule has 2 N–H and O–H groups in total. The molecular weight excluding hydrogens is 306 g/mol. The highest BCUT2D eigenvalue weighted by atomic mass is 16.5. The molecule has 24 heavy (non-hydrogen) atoms. The lowest BCUT2D eigenvalue weighted by atomic mass is 10.1. The minimum Gasteiger partial charge on any atom is -0.481 e. The molecule has 0 unspecified atom stereocenters. The highest BCUT2D eigenvalue weighted by Crippen LogP contribution is 2.25. The fraction of sp³-hybridized carbons (Fsp3) is 0.263. The molecule has 2 aromatic carbocycles. The lowest BCUT2D eigenvalue weighted by molar-refractivity contribution is -0.138. The summed E-state index contributed by atoms with van der Waals surface area (Å²) >= 11 is 0. The largest absolute Gasteiger partial charge is 0.481 e. The van der Waals surface area contributed by atoms with Crippen molar-refractivity contribution in [1.29, 1.82) is 0 Å². The average molecular weight is 327 g/mol. The smallest absolute Gasteiger partial charge is 0.303 e. The maximum atomic E-state index is 11.5. The zero-order chi connectivity index (χ0) is 17.5. The SMILES string of the molecule is Cc1ccc(Oc2ccc(CNC(=O)CCC(=O)O)cc2)c(C)c1. The predicted molar refractivity (Wildman–Crippen MR) is 91.1 cm³/mol. The molecule has 0 saturated carbocycles. The van der Waals surface area contributed by atoms with Gasteiger partial charge in [-0.2, -0.15) is 0 Å². The number of benzene rings is 2. The molecule has 0 aliphatic carbocycles. The van der Waals surface area contributed by atoms with Gasteiger partial charge in [-0.25, -0.2) is 0 Å². The second-order valence-corrected chi connectivity index (χ2v) is 5.69. The van der Waals surface area contributed by atoms with E-state index in [1.807, 2.05) is 50.2 Å². The lowest BCUT2D eigenvalue weighted by Crippen LogP contribution is -2.23. The first-order valence-electron chi connectivity index (χ1n) is 7.76. The van der Waals surface area contributed by atoms with Gasteiger partial charge in [0.05, 0.1) is 6.42 Å². The number of carboxylic acids is 1. The maximum Gasteiger partial charge on any atom is 0.303 e. The van der Waals surface area contributed by atoms with Crippen LogP contribution in [0.2, 0.25) is 0 Å². The fourth-order valence-corrected chi connectivity index (χ4v) is 2.23. The number of carbonyl (C=O) groups is 2. The van der Waals surface area contributed by atoms with Crippen LogP contribution in [0, 0.1) is 13.8 Å². The Bertz CT molecular complexity index is 723. The molecule has 0 aliphatic heterocycles. The zero-order valence-corrected chi connectivity index (χ0v) is 13.8. The van der Waals surface area contributed by atoms with Crippen molar-refractivity contribution in [2.24, 2.45) is 0 Å². The molecular formula is C19H21NO4. The number of rotatable bonds is 7. The third kappa shape index (κ3) is 5.43. The summed E-state index contributed by atoms with van der Waals surface area (Å²) in [7, 11) is 0. The first-order valence-corrected chi connectivity index (χ1v) is 7.76. The molecule has 0 fully saturated rings. The molecule has 126 valence electrons. The average Bonchev–Trinajstić information content (AvgIpc) is 2.55. The van der Waals surface area contributed by atoms with E-state index < -0.39 is 5.97 Å². The normalized spacial score (nSPS) is 10.2. The van der Waals surface area contributed by atoms with Crippen molar-refractivity contribution in [3.05, 3.63) is 59.2 Å². The Labute approximate surface area is 141 Å². The fourth-order valence-electron chi connectivity index (χ4n) is 2.23. The van der Waals surface area contributed by atoms with Crippen molar-refractivity contribution < 1.29 is 19.4 Å². The van der Waals surface area contributed by atoms with Crippen molar-refractivity contribution in [3.63, 3.8) is 0 Å². The van der Waals surface area contributed by atoms with Crippen molar-refractivity contribution in [3.8, 4) is 11.5 Å². The van der Waals surface area contributed by atoms with E-state index in [-0.39, 0.29) is 18.7 Å². The van der Waals surface area contributed by atoms with E-state index in [9.17, 15) is 9.59 Å². The van der Waals surface area contributed by atoms with Gasteiger partial charge in [-0.05, 0) is 43.2 Å². The second kappa shape index (κ2) is 8.15. The van der Waals surface area contributed by atoms with Crippen molar-refractivity contribution in [2.45, 2.75) is 33.2 Å². The van der Waals surface area contributed by atoms with Crippen LogP contribution in [0.25, 0.3) is 0 Å². The van der Waals surface area contributed by atoms with E-state index >= 15 is 0 Å². The van der Waals surface area contributed by atoms with Gasteiger partial charge in [0, 0.05) is 13.0 Å². The monoisotopic (exact) mass is 327 g/mol. The Hall–Kier alpha value is -2.82. The summed E-state index contributed by atoms with van der Waals surface area (Å²) in [6.45, 7) is 4.40. The van der Waals surface area contributed by atoms with Crippen LogP contribution in [0.15, 0.2) is 42.5 Å². The first-order chi connectivity index (χ1) is 11.4. The van der Waals surface area contributed by atoms with E-state index in [2.05, 4.69) is 11.4 Å². The summed E-state index contributed by atoms with van der Waals surface area (Å²) in [5.74, 6) is 0.296. The molecule has 0 spiro atoms. The molecule has 5 nitrogen and oxygen atoms in total. The predicted octanol–water partition coefficient (Wildman–Crippen LogP) is 3.58. The molecule has 2 aromatic rings. The summed E-state index contributed by atoms with van der Waals surface area (Å²) in [4.78, 5) is 21.9. The number of nitrogens with one attached hydrogen (secondary N) is 1. The van der Waals surface area contributed by atoms with Gasteiger partial charge in [0.15, 0.2) is 0 Å². The van der Waals surface area contributed by atoms with E-state index in [0.717, 1.165) is 22.6 Å². The third-order valence-electron chi connectivity index (χ3n) is 3.54. The maximum absolute atomic E-state index is 11.5. The molecule has 0 radical (unpaired) electrons. The molecule has 5 heteroatoms. The minimum absolute atomic E-state index is 0.0107. The number of hydrogen-bond acceptors (Lipinski definition) is 3. The standard InChI is InChI=1S/C19H21NO4/c1-13-3-8-17(14(2)11-13)24-16-6-4-15(5-7-16)12-20-18(21)9-10-19(22)23/h3-8,11H,9-10,12H2,1-2H3,(H,20,21)(H,22,23). The number of carbonyl (C=O) groups excluding carboxylic acids is 1. The summed E-state index contributed by atoms with van der Waals surface area (Å²) in [5.41, 5.74) is 3.19. The number of aliphatic carboxylic acids is 1. The topological polar surface area (TPSA) is 75.6 Å². The lowest BCUT2D eigenvalue weighted by Gasteiger charge is -2.10. The molecule has 0 aromatic heterocycles. The summed E-state index contributed by atoms with van der Waals surface area (Å²) in [5, 5.41) is 11.2. The van der Waals surface area contributed by atoms with Gasteiger partial charge >= 0.3 is 5.97 Å². The quantitative estimate of drug-likeness (QED) is 0.815. The summed E-state index contributed by atoms with van der Waals surface area (Å²) in [6, 6.07) is 13.4. The van der Waals surface area contributed by atoms with Crippen LogP contribution in [0.5, 0.6) is 11.5 Å². The van der Waals surface area contributed by atoms with Gasteiger partial charge in [0.2, 0.25) is 5.91 Å². The highest BCUT2D eigenvalue weighted by Gasteiger charge is 2.06. The van der Waals surface area contributed by atoms with Gasteiger partial charge in [-0.1, -0.05) is 29.8 Å². The second-order valence-electron chi connectivity index (χ2n) is 5.69. The van der Waals surface area contributed by atoms with Gasteiger partial charge in [0.25, 0.3) is 0 Å². The van der Waals surface area contributed by atoms with E-state index in [4.69, 9.17) is 9.84 Å². The summed E-state index contributed by atoms with van der Waals surface area (Å²) in [6.07, 6.45) is -0.169. The Kier molecular flexibility index (Phi) is 5.95. The number of hydrogen-bond donors (Lipinski definition) is 2. The Morgan fingerprint density at radius 1 is 1.04 bits per heavy atom. The van der Waals surface area contributed by atoms with Crippen LogP contribution in [-0.4, -0.2) is 17.0 Å². The zero-order valence-electron chi connectivity index (χ0n) is 13.8. The van der Waals surface area contributed by atoms with Gasteiger partial charge in [-0.15, -0.1) is 0 Å². The van der Waals surface area contributed by atoms with Gasteiger partial charge in [0.1, 0.15) is 11.5 Å². The first kappa shape index (κ1) is 17.5. The van der Waals surface area contributed by atoms with Crippen molar-refractivity contribution in [2.75, 3.05) is 0 Å². The van der Waals surface area contributed by atoms with Crippen LogP contribution in [0.1, 0.15) is 29.5 Å². The van der Waals surface area contributed by atoms with Crippen LogP contribution in [0.3, 0.4) is 0 Å². The molecule has 0 atom stereocenters. The van der Waals surface area contributed by atoms with Crippen molar-refractivity contribution >= 4 is 11.9 Å². The van der Waals surface area contributed by atoms with E-state index in [1.165, 1.54) is 5.56 Å². The summed E-state index contributed by atoms with van der Waals surface area (Å²) < 4.78 is 5.86. The Morgan fingerprint density at radius 3 is 2.38 bits per heavy atom. The number of ether oxygens (including phenoxy) is 1. The van der Waals surface area contributed by atoms with Gasteiger partial charge < -0.3 is 15.2 Å². The number of carboxylic acid groups (broad SMARTS) is 1. The van der Waals surface area contributed by atoms with E-state index in [1.54, 1.807) is 0 Å². The minimum atomic E-state index is -0.974. The molecule has 0 aliphatic rings. The Morgan fingerprint density at radius 2 is 1.75 bits per heavy atom. The van der Waals surface area contributed by atoms with E-state index in [0.29, 0.717) is 6.54 Å². The number of aryl methyl sites for hydroxylation is 2. The Balaban J connectivity index is 1.88. The molecule has 0 heterocycles.